The van der Waals surface area contributed by atoms with Crippen molar-refractivity contribution < 1.29 is 18.7 Å². The van der Waals surface area contributed by atoms with E-state index in [0.717, 1.165) is 6.29 Å². The van der Waals surface area contributed by atoms with Crippen LogP contribution in [0.2, 0.25) is 18.1 Å². The lowest BCUT2D eigenvalue weighted by Crippen LogP contribution is -2.57. The fourth-order valence-electron chi connectivity index (χ4n) is 2.10. The van der Waals surface area contributed by atoms with Gasteiger partial charge in [0.15, 0.2) is 14.6 Å². The van der Waals surface area contributed by atoms with Crippen molar-refractivity contribution in [2.24, 2.45) is 5.92 Å². The summed E-state index contributed by atoms with van der Waals surface area (Å²) < 4.78 is 17.5. The van der Waals surface area contributed by atoms with Gasteiger partial charge >= 0.3 is 0 Å². The average Bonchev–Trinajstić information content (AvgIpc) is 2.28. The molecule has 0 spiro atoms. The molecular formula is C14H28O4Si. The molecular weight excluding hydrogens is 260 g/mol. The van der Waals surface area contributed by atoms with Gasteiger partial charge in [-0.05, 0) is 18.1 Å². The van der Waals surface area contributed by atoms with Gasteiger partial charge in [0.05, 0.1) is 12.7 Å². The molecule has 0 saturated carbocycles. The Balaban J connectivity index is 2.94. The van der Waals surface area contributed by atoms with Crippen molar-refractivity contribution in [3.8, 4) is 0 Å². The topological polar surface area (TPSA) is 44.8 Å². The van der Waals surface area contributed by atoms with E-state index in [9.17, 15) is 4.79 Å². The minimum Gasteiger partial charge on any atom is -0.408 e. The molecule has 0 unspecified atom stereocenters. The summed E-state index contributed by atoms with van der Waals surface area (Å²) in [5.74, 6) is 0.232. The summed E-state index contributed by atoms with van der Waals surface area (Å²) in [6, 6.07) is 0. The molecule has 112 valence electrons. The van der Waals surface area contributed by atoms with Gasteiger partial charge in [-0.3, -0.25) is 0 Å². The second-order valence-corrected chi connectivity index (χ2v) is 11.7. The fourth-order valence-corrected chi connectivity index (χ4v) is 3.40. The Morgan fingerprint density at radius 1 is 1.26 bits per heavy atom. The number of aldehydes is 1. The lowest BCUT2D eigenvalue weighted by atomic mass is 9.94. The van der Waals surface area contributed by atoms with Crippen molar-refractivity contribution in [1.29, 1.82) is 0 Å². The Labute approximate surface area is 117 Å². The number of ether oxygens (including phenoxy) is 2. The number of carbonyl (C=O) groups is 1. The zero-order valence-electron chi connectivity index (χ0n) is 13.2. The summed E-state index contributed by atoms with van der Waals surface area (Å²) in [4.78, 5) is 11.2. The number of carbonyl (C=O) groups excluding carboxylic acids is 1. The first kappa shape index (κ1) is 16.8. The van der Waals surface area contributed by atoms with Crippen molar-refractivity contribution in [3.63, 3.8) is 0 Å². The van der Waals surface area contributed by atoms with E-state index in [4.69, 9.17) is 13.9 Å². The Morgan fingerprint density at radius 3 is 2.26 bits per heavy atom. The molecule has 1 aliphatic rings. The zero-order chi connectivity index (χ0) is 14.8. The van der Waals surface area contributed by atoms with Crippen LogP contribution in [0, 0.1) is 5.92 Å². The molecule has 19 heavy (non-hydrogen) atoms. The standard InChI is InChI=1S/C14H28O4Si/c1-10-9-17-11(8-15)13(12(10)16-5)18-19(6,7)14(2,3)4/h8,10-13H,9H2,1-7H3/t10-,11-,12-,13-/m0/s1. The third-order valence-corrected chi connectivity index (χ3v) is 8.88. The molecule has 1 fully saturated rings. The lowest BCUT2D eigenvalue weighted by molar-refractivity contribution is -0.167. The second kappa shape index (κ2) is 6.04. The normalized spacial score (nSPS) is 33.2. The number of methoxy groups -OCH3 is 1. The lowest BCUT2D eigenvalue weighted by Gasteiger charge is -2.45. The molecule has 0 aromatic carbocycles. The van der Waals surface area contributed by atoms with Crippen LogP contribution < -0.4 is 0 Å². The Morgan fingerprint density at radius 2 is 1.84 bits per heavy atom. The first-order valence-corrected chi connectivity index (χ1v) is 9.82. The number of hydrogen-bond donors (Lipinski definition) is 0. The summed E-state index contributed by atoms with van der Waals surface area (Å²) >= 11 is 0. The SMILES string of the molecule is CO[C@@H]1[C@@H](O[Si](C)(C)C(C)(C)C)[C@H](C=O)OC[C@@H]1C. The van der Waals surface area contributed by atoms with Gasteiger partial charge in [0.2, 0.25) is 0 Å². The first-order chi connectivity index (χ1) is 8.64. The maximum atomic E-state index is 11.2. The molecule has 0 amide bonds. The molecule has 0 aliphatic carbocycles. The second-order valence-electron chi connectivity index (χ2n) is 6.95. The molecule has 5 heteroatoms. The molecule has 0 aromatic heterocycles. The Hall–Kier alpha value is -0.233. The molecule has 4 atom stereocenters. The molecule has 1 aliphatic heterocycles. The van der Waals surface area contributed by atoms with Crippen LogP contribution in [0.3, 0.4) is 0 Å². The third-order valence-electron chi connectivity index (χ3n) is 4.40. The van der Waals surface area contributed by atoms with Crippen LogP contribution in [0.5, 0.6) is 0 Å². The molecule has 0 radical (unpaired) electrons. The minimum atomic E-state index is -1.96. The van der Waals surface area contributed by atoms with Crippen molar-refractivity contribution >= 4 is 14.6 Å². The fraction of sp³-hybridized carbons (Fsp3) is 0.929. The third kappa shape index (κ3) is 3.65. The number of rotatable bonds is 4. The highest BCUT2D eigenvalue weighted by atomic mass is 28.4. The van der Waals surface area contributed by atoms with Gasteiger partial charge in [0, 0.05) is 13.0 Å². The van der Waals surface area contributed by atoms with Crippen LogP contribution >= 0.6 is 0 Å². The van der Waals surface area contributed by atoms with Crippen molar-refractivity contribution in [1.82, 2.24) is 0 Å². The van der Waals surface area contributed by atoms with E-state index in [0.29, 0.717) is 6.61 Å². The van der Waals surface area contributed by atoms with Crippen molar-refractivity contribution in [2.75, 3.05) is 13.7 Å². The van der Waals surface area contributed by atoms with Gasteiger partial charge in [0.25, 0.3) is 0 Å². The molecule has 0 N–H and O–H groups in total. The van der Waals surface area contributed by atoms with E-state index in [1.807, 2.05) is 0 Å². The highest BCUT2D eigenvalue weighted by molar-refractivity contribution is 6.74. The Bertz CT molecular complexity index is 311. The summed E-state index contributed by atoms with van der Waals surface area (Å²) in [7, 11) is -0.280. The largest absolute Gasteiger partial charge is 0.408 e. The monoisotopic (exact) mass is 288 g/mol. The first-order valence-electron chi connectivity index (χ1n) is 6.91. The quantitative estimate of drug-likeness (QED) is 0.589. The number of hydrogen-bond acceptors (Lipinski definition) is 4. The van der Waals surface area contributed by atoms with E-state index >= 15 is 0 Å². The van der Waals surface area contributed by atoms with Crippen LogP contribution in [-0.4, -0.2) is 46.6 Å². The zero-order valence-corrected chi connectivity index (χ0v) is 14.2. The smallest absolute Gasteiger partial charge is 0.192 e. The van der Waals surface area contributed by atoms with E-state index in [2.05, 4.69) is 40.8 Å². The van der Waals surface area contributed by atoms with Crippen LogP contribution in [0.1, 0.15) is 27.7 Å². The van der Waals surface area contributed by atoms with Gasteiger partial charge in [-0.2, -0.15) is 0 Å². The van der Waals surface area contributed by atoms with Gasteiger partial charge < -0.3 is 18.7 Å². The maximum Gasteiger partial charge on any atom is 0.192 e. The molecule has 1 heterocycles. The van der Waals surface area contributed by atoms with E-state index < -0.39 is 14.4 Å². The molecule has 4 nitrogen and oxygen atoms in total. The van der Waals surface area contributed by atoms with Crippen LogP contribution in [0.25, 0.3) is 0 Å². The van der Waals surface area contributed by atoms with Crippen molar-refractivity contribution in [3.05, 3.63) is 0 Å². The van der Waals surface area contributed by atoms with Gasteiger partial charge in [-0.25, -0.2) is 0 Å². The summed E-state index contributed by atoms with van der Waals surface area (Å²) in [6.07, 6.45) is -0.0594. The highest BCUT2D eigenvalue weighted by Gasteiger charge is 2.46. The van der Waals surface area contributed by atoms with Gasteiger partial charge in [-0.1, -0.05) is 27.7 Å². The summed E-state index contributed by atoms with van der Waals surface area (Å²) in [5, 5.41) is 0.0966. The predicted octanol–water partition coefficient (Wildman–Crippen LogP) is 2.63. The van der Waals surface area contributed by atoms with E-state index in [1.54, 1.807) is 7.11 Å². The van der Waals surface area contributed by atoms with Gasteiger partial charge in [0.1, 0.15) is 12.2 Å². The summed E-state index contributed by atoms with van der Waals surface area (Å²) in [6.45, 7) is 13.5. The minimum absolute atomic E-state index is 0.0851. The average molecular weight is 288 g/mol. The van der Waals surface area contributed by atoms with Crippen LogP contribution in [0.15, 0.2) is 0 Å². The molecule has 1 rings (SSSR count). The van der Waals surface area contributed by atoms with Crippen LogP contribution in [0.4, 0.5) is 0 Å². The molecule has 0 bridgehead atoms. The highest BCUT2D eigenvalue weighted by Crippen LogP contribution is 2.39. The summed E-state index contributed by atoms with van der Waals surface area (Å²) in [5.41, 5.74) is 0. The van der Waals surface area contributed by atoms with Crippen LogP contribution in [-0.2, 0) is 18.7 Å². The molecule has 0 aromatic rings. The predicted molar refractivity (Wildman–Crippen MR) is 77.8 cm³/mol. The van der Waals surface area contributed by atoms with E-state index in [1.165, 1.54) is 0 Å². The van der Waals surface area contributed by atoms with Gasteiger partial charge in [-0.15, -0.1) is 0 Å². The molecule has 1 saturated heterocycles. The van der Waals surface area contributed by atoms with Crippen molar-refractivity contribution in [2.45, 2.75) is 64.1 Å². The Kier molecular flexibility index (Phi) is 5.34. The maximum absolute atomic E-state index is 11.2. The van der Waals surface area contributed by atoms with E-state index in [-0.39, 0.29) is 23.2 Å².